The highest BCUT2D eigenvalue weighted by molar-refractivity contribution is 6.74. The number of rotatable bonds is 7. The monoisotopic (exact) mass is 422 g/mol. The van der Waals surface area contributed by atoms with E-state index in [-0.39, 0.29) is 23.6 Å². The topological polar surface area (TPSA) is 71.9 Å². The molecule has 1 N–H and O–H groups in total. The molecule has 164 valence electrons. The van der Waals surface area contributed by atoms with Crippen LogP contribution in [0.15, 0.2) is 18.3 Å². The molecule has 1 aliphatic heterocycles. The Bertz CT molecular complexity index is 698. The van der Waals surface area contributed by atoms with Gasteiger partial charge in [0, 0.05) is 25.8 Å². The van der Waals surface area contributed by atoms with Crippen molar-refractivity contribution < 1.29 is 19.1 Å². The summed E-state index contributed by atoms with van der Waals surface area (Å²) in [4.78, 5) is 19.7. The van der Waals surface area contributed by atoms with Crippen LogP contribution in [0.2, 0.25) is 18.1 Å². The van der Waals surface area contributed by atoms with Crippen LogP contribution >= 0.6 is 0 Å². The van der Waals surface area contributed by atoms with Crippen molar-refractivity contribution in [1.29, 1.82) is 0 Å². The first-order valence-corrected chi connectivity index (χ1v) is 13.4. The van der Waals surface area contributed by atoms with Crippen LogP contribution in [0.3, 0.4) is 0 Å². The number of pyridine rings is 1. The zero-order valence-corrected chi connectivity index (χ0v) is 20.1. The molecule has 1 aliphatic rings. The zero-order chi connectivity index (χ0) is 21.9. The Balaban J connectivity index is 2.25. The highest BCUT2D eigenvalue weighted by Gasteiger charge is 2.42. The van der Waals surface area contributed by atoms with E-state index < -0.39 is 13.9 Å². The molecule has 1 amide bonds. The van der Waals surface area contributed by atoms with Crippen LogP contribution in [0.25, 0.3) is 0 Å². The van der Waals surface area contributed by atoms with Crippen LogP contribution in [0.4, 0.5) is 0 Å². The second-order valence-electron chi connectivity index (χ2n) is 10.0. The first-order chi connectivity index (χ1) is 13.4. The molecule has 0 radical (unpaired) electrons. The van der Waals surface area contributed by atoms with Crippen molar-refractivity contribution in [2.24, 2.45) is 0 Å². The summed E-state index contributed by atoms with van der Waals surface area (Å²) >= 11 is 0. The number of aliphatic hydroxyl groups is 1. The average molecular weight is 423 g/mol. The molecule has 2 rings (SSSR count). The summed E-state index contributed by atoms with van der Waals surface area (Å²) in [6.45, 7) is 16.9. The van der Waals surface area contributed by atoms with Gasteiger partial charge in [-0.1, -0.05) is 20.8 Å². The number of amides is 1. The molecule has 2 heterocycles. The number of ether oxygens (including phenoxy) is 1. The standard InChI is InChI=1S/C22H38N2O4Si/c1-21(2,3)29(6,7)28-22(4,5)15-19-18(9-8-11-23-19)20(26)24-12-14-27-16-17(24)10-13-25/h8-9,11,17,25H,10,12-16H2,1-7H3/t17-/m1/s1. The van der Waals surface area contributed by atoms with Crippen LogP contribution in [0, 0.1) is 0 Å². The van der Waals surface area contributed by atoms with Crippen molar-refractivity contribution >= 4 is 14.2 Å². The molecule has 0 aliphatic carbocycles. The number of aliphatic hydroxyl groups excluding tert-OH is 1. The highest BCUT2D eigenvalue weighted by Crippen LogP contribution is 2.39. The maximum Gasteiger partial charge on any atom is 0.256 e. The van der Waals surface area contributed by atoms with E-state index >= 15 is 0 Å². The summed E-state index contributed by atoms with van der Waals surface area (Å²) in [5.41, 5.74) is 0.946. The molecule has 6 nitrogen and oxygen atoms in total. The lowest BCUT2D eigenvalue weighted by Gasteiger charge is -2.43. The molecule has 7 heteroatoms. The lowest BCUT2D eigenvalue weighted by molar-refractivity contribution is -0.00843. The second kappa shape index (κ2) is 9.25. The summed E-state index contributed by atoms with van der Waals surface area (Å²) in [6, 6.07) is 3.55. The molecule has 1 aromatic heterocycles. The van der Waals surface area contributed by atoms with Gasteiger partial charge in [0.1, 0.15) is 0 Å². The number of carbonyl (C=O) groups is 1. The minimum Gasteiger partial charge on any atom is -0.412 e. The predicted molar refractivity (Wildman–Crippen MR) is 118 cm³/mol. The fourth-order valence-electron chi connectivity index (χ4n) is 3.52. The van der Waals surface area contributed by atoms with Gasteiger partial charge in [-0.2, -0.15) is 0 Å². The predicted octanol–water partition coefficient (Wildman–Crippen LogP) is 3.65. The average Bonchev–Trinajstić information content (AvgIpc) is 2.60. The van der Waals surface area contributed by atoms with Gasteiger partial charge in [0.05, 0.1) is 36.1 Å². The number of aromatic nitrogens is 1. The lowest BCUT2D eigenvalue weighted by Crippen LogP contribution is -2.50. The summed E-state index contributed by atoms with van der Waals surface area (Å²) in [5.74, 6) is -0.0435. The van der Waals surface area contributed by atoms with E-state index in [4.69, 9.17) is 9.16 Å². The molecule has 29 heavy (non-hydrogen) atoms. The first-order valence-electron chi connectivity index (χ1n) is 10.5. The second-order valence-corrected chi connectivity index (χ2v) is 14.8. The number of nitrogens with zero attached hydrogens (tertiary/aromatic N) is 2. The third-order valence-corrected chi connectivity index (χ3v) is 10.7. The Hall–Kier alpha value is -1.28. The van der Waals surface area contributed by atoms with E-state index in [0.717, 1.165) is 5.69 Å². The van der Waals surface area contributed by atoms with Gasteiger partial charge in [-0.15, -0.1) is 0 Å². The summed E-state index contributed by atoms with van der Waals surface area (Å²) in [5, 5.41) is 9.46. The lowest BCUT2D eigenvalue weighted by atomic mass is 9.98. The van der Waals surface area contributed by atoms with E-state index in [9.17, 15) is 9.90 Å². The van der Waals surface area contributed by atoms with Crippen LogP contribution < -0.4 is 0 Å². The number of hydrogen-bond acceptors (Lipinski definition) is 5. The number of morpholine rings is 1. The molecule has 0 saturated carbocycles. The Morgan fingerprint density at radius 2 is 2.03 bits per heavy atom. The van der Waals surface area contributed by atoms with Crippen molar-refractivity contribution in [1.82, 2.24) is 9.88 Å². The molecular formula is C22H38N2O4Si. The van der Waals surface area contributed by atoms with Crippen molar-refractivity contribution in [2.45, 2.75) is 77.2 Å². The molecule has 1 saturated heterocycles. The first kappa shape index (κ1) is 24.0. The Morgan fingerprint density at radius 3 is 2.66 bits per heavy atom. The van der Waals surface area contributed by atoms with Crippen molar-refractivity contribution in [3.05, 3.63) is 29.6 Å². The molecule has 1 aromatic rings. The van der Waals surface area contributed by atoms with E-state index in [1.54, 1.807) is 12.3 Å². The minimum atomic E-state index is -1.96. The number of carbonyl (C=O) groups excluding carboxylic acids is 1. The van der Waals surface area contributed by atoms with Crippen molar-refractivity contribution in [3.8, 4) is 0 Å². The van der Waals surface area contributed by atoms with Crippen LogP contribution in [-0.2, 0) is 15.6 Å². The molecule has 1 atom stereocenters. The fraction of sp³-hybridized carbons (Fsp3) is 0.727. The van der Waals surface area contributed by atoms with Gasteiger partial charge in [-0.05, 0) is 50.5 Å². The summed E-state index contributed by atoms with van der Waals surface area (Å²) in [7, 11) is -1.96. The van der Waals surface area contributed by atoms with E-state index in [0.29, 0.717) is 38.2 Å². The van der Waals surface area contributed by atoms with Gasteiger partial charge in [-0.25, -0.2) is 0 Å². The van der Waals surface area contributed by atoms with Gasteiger partial charge in [-0.3, -0.25) is 9.78 Å². The van der Waals surface area contributed by atoms with Gasteiger partial charge in [0.25, 0.3) is 5.91 Å². The quantitative estimate of drug-likeness (QED) is 0.679. The fourth-order valence-corrected chi connectivity index (χ4v) is 5.28. The van der Waals surface area contributed by atoms with Gasteiger partial charge >= 0.3 is 0 Å². The molecular weight excluding hydrogens is 384 g/mol. The van der Waals surface area contributed by atoms with E-state index in [1.165, 1.54) is 0 Å². The van der Waals surface area contributed by atoms with Gasteiger partial charge in [0.15, 0.2) is 8.32 Å². The third kappa shape index (κ3) is 6.10. The van der Waals surface area contributed by atoms with Crippen LogP contribution in [0.5, 0.6) is 0 Å². The molecule has 0 aromatic carbocycles. The summed E-state index contributed by atoms with van der Waals surface area (Å²) < 4.78 is 12.2. The maximum absolute atomic E-state index is 13.4. The minimum absolute atomic E-state index is 0.0328. The van der Waals surface area contributed by atoms with Gasteiger partial charge < -0.3 is 19.2 Å². The smallest absolute Gasteiger partial charge is 0.256 e. The summed E-state index contributed by atoms with van der Waals surface area (Å²) in [6.07, 6.45) is 2.82. The van der Waals surface area contributed by atoms with Crippen molar-refractivity contribution in [3.63, 3.8) is 0 Å². The Labute approximate surface area is 176 Å². The molecule has 1 fully saturated rings. The zero-order valence-electron chi connectivity index (χ0n) is 19.1. The number of hydrogen-bond donors (Lipinski definition) is 1. The maximum atomic E-state index is 13.4. The Kier molecular flexibility index (Phi) is 7.65. The Morgan fingerprint density at radius 1 is 1.34 bits per heavy atom. The third-order valence-electron chi connectivity index (χ3n) is 6.00. The van der Waals surface area contributed by atoms with Gasteiger partial charge in [0.2, 0.25) is 0 Å². The van der Waals surface area contributed by atoms with E-state index in [1.807, 2.05) is 11.0 Å². The SMILES string of the molecule is CC(C)(Cc1ncccc1C(=O)N1CCOC[C@H]1CCO)O[Si](C)(C)C(C)(C)C. The molecule has 0 spiro atoms. The molecule has 0 bridgehead atoms. The van der Waals surface area contributed by atoms with Crippen LogP contribution in [0.1, 0.15) is 57.1 Å². The molecule has 0 unspecified atom stereocenters. The largest absolute Gasteiger partial charge is 0.412 e. The van der Waals surface area contributed by atoms with Crippen LogP contribution in [-0.4, -0.2) is 67.2 Å². The highest BCUT2D eigenvalue weighted by atomic mass is 28.4. The normalized spacial score (nSPS) is 18.8. The van der Waals surface area contributed by atoms with Crippen molar-refractivity contribution in [2.75, 3.05) is 26.4 Å². The van der Waals surface area contributed by atoms with E-state index in [2.05, 4.69) is 52.7 Å².